The zero-order valence-electron chi connectivity index (χ0n) is 12.2. The summed E-state index contributed by atoms with van der Waals surface area (Å²) in [7, 11) is 2.13. The van der Waals surface area contributed by atoms with Crippen LogP contribution in [0.4, 0.5) is 5.95 Å². The molecule has 3 rings (SSSR count). The van der Waals surface area contributed by atoms with E-state index >= 15 is 0 Å². The maximum atomic E-state index is 12.3. The lowest BCUT2D eigenvalue weighted by molar-refractivity contribution is 0.0879. The fourth-order valence-corrected chi connectivity index (χ4v) is 3.10. The number of nitrogens with one attached hydrogen (secondary N) is 2. The molecule has 110 valence electrons. The Hall–Kier alpha value is -1.56. The molecule has 0 saturated carbocycles. The van der Waals surface area contributed by atoms with Crippen molar-refractivity contribution < 1.29 is 4.79 Å². The third kappa shape index (κ3) is 2.65. The average Bonchev–Trinajstić information content (AvgIpc) is 2.86. The largest absolute Gasteiger partial charge is 0.356 e. The van der Waals surface area contributed by atoms with E-state index in [9.17, 15) is 4.79 Å². The second-order valence-electron chi connectivity index (χ2n) is 6.03. The van der Waals surface area contributed by atoms with Crippen LogP contribution in [0.3, 0.4) is 0 Å². The summed E-state index contributed by atoms with van der Waals surface area (Å²) in [5, 5.41) is 6.37. The van der Waals surface area contributed by atoms with Gasteiger partial charge in [-0.05, 0) is 32.4 Å². The number of hydrogen-bond acceptors (Lipinski definition) is 4. The molecule has 20 heavy (non-hydrogen) atoms. The fraction of sp³-hybridized carbons (Fsp3) is 0.714. The summed E-state index contributed by atoms with van der Waals surface area (Å²) in [5.41, 5.74) is 0.528. The number of imidazole rings is 1. The van der Waals surface area contributed by atoms with Gasteiger partial charge in [-0.3, -0.25) is 4.79 Å². The van der Waals surface area contributed by atoms with Crippen molar-refractivity contribution in [2.45, 2.75) is 32.4 Å². The molecule has 2 N–H and O–H groups in total. The van der Waals surface area contributed by atoms with Crippen molar-refractivity contribution in [3.63, 3.8) is 0 Å². The van der Waals surface area contributed by atoms with Gasteiger partial charge < -0.3 is 20.1 Å². The highest BCUT2D eigenvalue weighted by molar-refractivity contribution is 5.92. The molecule has 2 aliphatic rings. The molecule has 6 nitrogen and oxygen atoms in total. The first-order valence-electron chi connectivity index (χ1n) is 7.44. The molecule has 2 aliphatic heterocycles. The van der Waals surface area contributed by atoms with Gasteiger partial charge in [0, 0.05) is 31.9 Å². The summed E-state index contributed by atoms with van der Waals surface area (Å²) in [6.07, 6.45) is 3.95. The number of fused-ring (bicyclic) bond motifs is 1. The zero-order chi connectivity index (χ0) is 14.1. The third-order valence-corrected chi connectivity index (χ3v) is 4.29. The van der Waals surface area contributed by atoms with Gasteiger partial charge in [0.05, 0.1) is 0 Å². The van der Waals surface area contributed by atoms with Crippen molar-refractivity contribution in [3.8, 4) is 0 Å². The number of hydrogen-bond donors (Lipinski definition) is 2. The van der Waals surface area contributed by atoms with Crippen molar-refractivity contribution >= 4 is 11.9 Å². The molecule has 2 atom stereocenters. The van der Waals surface area contributed by atoms with Gasteiger partial charge in [-0.2, -0.15) is 0 Å². The van der Waals surface area contributed by atoms with E-state index in [0.717, 1.165) is 45.0 Å². The van der Waals surface area contributed by atoms with Gasteiger partial charge in [0.2, 0.25) is 5.95 Å². The minimum atomic E-state index is -0.0462. The van der Waals surface area contributed by atoms with Gasteiger partial charge >= 0.3 is 0 Å². The average molecular weight is 277 g/mol. The van der Waals surface area contributed by atoms with E-state index in [1.54, 1.807) is 0 Å². The lowest BCUT2D eigenvalue weighted by atomic mass is 9.94. The highest BCUT2D eigenvalue weighted by Crippen LogP contribution is 2.17. The molecule has 1 amide bonds. The van der Waals surface area contributed by atoms with Crippen LogP contribution in [-0.4, -0.2) is 53.1 Å². The van der Waals surface area contributed by atoms with Gasteiger partial charge in [0.15, 0.2) is 0 Å². The minimum Gasteiger partial charge on any atom is -0.356 e. The number of aromatic nitrogens is 2. The number of carbonyl (C=O) groups is 1. The molecule has 1 fully saturated rings. The number of piperidine rings is 1. The van der Waals surface area contributed by atoms with Crippen LogP contribution in [0, 0.1) is 5.92 Å². The summed E-state index contributed by atoms with van der Waals surface area (Å²) >= 11 is 0. The lowest BCUT2D eigenvalue weighted by Crippen LogP contribution is -2.48. The van der Waals surface area contributed by atoms with Gasteiger partial charge in [-0.15, -0.1) is 0 Å². The first-order valence-corrected chi connectivity index (χ1v) is 7.44. The minimum absolute atomic E-state index is 0.0462. The van der Waals surface area contributed by atoms with Gasteiger partial charge in [0.25, 0.3) is 5.91 Å². The molecule has 2 unspecified atom stereocenters. The molecule has 1 aromatic heterocycles. The van der Waals surface area contributed by atoms with E-state index in [1.165, 1.54) is 0 Å². The molecule has 1 aromatic rings. The molecule has 0 aromatic carbocycles. The van der Waals surface area contributed by atoms with E-state index in [0.29, 0.717) is 11.6 Å². The summed E-state index contributed by atoms with van der Waals surface area (Å²) in [6.45, 7) is 6.14. The topological polar surface area (TPSA) is 62.2 Å². The van der Waals surface area contributed by atoms with Crippen LogP contribution in [0.25, 0.3) is 0 Å². The molecular weight excluding hydrogens is 254 g/mol. The van der Waals surface area contributed by atoms with E-state index in [1.807, 2.05) is 10.8 Å². The normalized spacial score (nSPS) is 26.7. The molecule has 3 heterocycles. The first kappa shape index (κ1) is 13.4. The Morgan fingerprint density at radius 3 is 3.10 bits per heavy atom. The van der Waals surface area contributed by atoms with Crippen LogP contribution < -0.4 is 10.6 Å². The third-order valence-electron chi connectivity index (χ3n) is 4.29. The highest BCUT2D eigenvalue weighted by atomic mass is 16.2. The van der Waals surface area contributed by atoms with Crippen molar-refractivity contribution in [2.75, 3.05) is 32.0 Å². The Labute approximate surface area is 119 Å². The molecule has 0 radical (unpaired) electrons. The second-order valence-corrected chi connectivity index (χ2v) is 6.03. The molecule has 0 bridgehead atoms. The zero-order valence-corrected chi connectivity index (χ0v) is 12.2. The second kappa shape index (κ2) is 5.44. The number of amides is 1. The van der Waals surface area contributed by atoms with Crippen molar-refractivity contribution in [2.24, 2.45) is 5.92 Å². The van der Waals surface area contributed by atoms with Crippen LogP contribution in [0.15, 0.2) is 6.20 Å². The van der Waals surface area contributed by atoms with Crippen LogP contribution in [0.2, 0.25) is 0 Å². The van der Waals surface area contributed by atoms with Crippen LogP contribution in [-0.2, 0) is 6.54 Å². The number of carbonyl (C=O) groups excluding carboxylic acids is 1. The van der Waals surface area contributed by atoms with E-state index in [-0.39, 0.29) is 11.9 Å². The van der Waals surface area contributed by atoms with Gasteiger partial charge in [-0.25, -0.2) is 4.98 Å². The molecular formula is C14H23N5O. The molecule has 1 saturated heterocycles. The Balaban J connectivity index is 1.65. The fourth-order valence-electron chi connectivity index (χ4n) is 3.10. The number of aryl methyl sites for hydroxylation is 1. The van der Waals surface area contributed by atoms with E-state index in [4.69, 9.17) is 0 Å². The maximum Gasteiger partial charge on any atom is 0.271 e. The van der Waals surface area contributed by atoms with Gasteiger partial charge in [0.1, 0.15) is 5.69 Å². The monoisotopic (exact) mass is 277 g/mol. The quantitative estimate of drug-likeness (QED) is 0.838. The van der Waals surface area contributed by atoms with Crippen molar-refractivity contribution in [3.05, 3.63) is 11.9 Å². The van der Waals surface area contributed by atoms with Crippen LogP contribution in [0.5, 0.6) is 0 Å². The predicted molar refractivity (Wildman–Crippen MR) is 77.9 cm³/mol. The van der Waals surface area contributed by atoms with Gasteiger partial charge in [-0.1, -0.05) is 6.92 Å². The standard InChI is InChI=1S/C14H23N5O/c1-10-8-18(2)7-4-11(10)16-13(20)12-9-19-6-3-5-15-14(19)17-12/h9-11H,3-8H2,1-2H3,(H,15,17)(H,16,20). The predicted octanol–water partition coefficient (Wildman–Crippen LogP) is 0.769. The van der Waals surface area contributed by atoms with E-state index < -0.39 is 0 Å². The number of anilines is 1. The Morgan fingerprint density at radius 2 is 2.35 bits per heavy atom. The lowest BCUT2D eigenvalue weighted by Gasteiger charge is -2.35. The number of likely N-dealkylation sites (tertiary alicyclic amines) is 1. The smallest absolute Gasteiger partial charge is 0.271 e. The summed E-state index contributed by atoms with van der Waals surface area (Å²) < 4.78 is 2.02. The first-order chi connectivity index (χ1) is 9.63. The number of nitrogens with zero attached hydrogens (tertiary/aromatic N) is 3. The van der Waals surface area contributed by atoms with E-state index in [2.05, 4.69) is 34.5 Å². The Morgan fingerprint density at radius 1 is 1.50 bits per heavy atom. The van der Waals surface area contributed by atoms with Crippen molar-refractivity contribution in [1.82, 2.24) is 19.8 Å². The summed E-state index contributed by atoms with van der Waals surface area (Å²) in [6, 6.07) is 0.255. The number of rotatable bonds is 2. The maximum absolute atomic E-state index is 12.3. The summed E-state index contributed by atoms with van der Waals surface area (Å²) in [4.78, 5) is 19.0. The SMILES string of the molecule is CC1CN(C)CCC1NC(=O)c1cn2c(n1)NCCC2. The highest BCUT2D eigenvalue weighted by Gasteiger charge is 2.27. The molecule has 0 spiro atoms. The van der Waals surface area contributed by atoms with Crippen LogP contribution in [0.1, 0.15) is 30.3 Å². The molecule has 6 heteroatoms. The molecule has 0 aliphatic carbocycles. The Kier molecular flexibility index (Phi) is 3.65. The van der Waals surface area contributed by atoms with Crippen LogP contribution >= 0.6 is 0 Å². The van der Waals surface area contributed by atoms with Crippen molar-refractivity contribution in [1.29, 1.82) is 0 Å². The Bertz CT molecular complexity index is 474. The summed E-state index contributed by atoms with van der Waals surface area (Å²) in [5.74, 6) is 1.25.